The number of ether oxygens (including phenoxy) is 1. The van der Waals surface area contributed by atoms with Crippen LogP contribution in [0.3, 0.4) is 0 Å². The van der Waals surface area contributed by atoms with Gasteiger partial charge in [0, 0.05) is 32.8 Å². The minimum Gasteiger partial charge on any atom is -0.495 e. The summed E-state index contributed by atoms with van der Waals surface area (Å²) in [5, 5.41) is 14.6. The van der Waals surface area contributed by atoms with Crippen molar-refractivity contribution in [2.45, 2.75) is 12.8 Å². The molecule has 0 aromatic heterocycles. The highest BCUT2D eigenvalue weighted by atomic mass is 35.5. The molecule has 1 N–H and O–H groups in total. The first-order valence-electron chi connectivity index (χ1n) is 11.6. The fraction of sp³-hybridized carbons (Fsp3) is 0.172. The molecule has 3 aromatic rings. The Bertz CT molecular complexity index is 1480. The van der Waals surface area contributed by atoms with Crippen LogP contribution in [0.25, 0.3) is 0 Å². The second-order valence-corrected chi connectivity index (χ2v) is 10.3. The lowest BCUT2D eigenvalue weighted by Crippen LogP contribution is -2.31. The average molecular weight is 564 g/mol. The molecule has 192 valence electrons. The normalized spacial score (nSPS) is 16.9. The van der Waals surface area contributed by atoms with E-state index in [-0.39, 0.29) is 11.5 Å². The van der Waals surface area contributed by atoms with Gasteiger partial charge in [0.05, 0.1) is 29.7 Å². The lowest BCUT2D eigenvalue weighted by atomic mass is 9.78. The number of amides is 1. The van der Waals surface area contributed by atoms with E-state index in [0.717, 1.165) is 0 Å². The minimum atomic E-state index is -0.833. The Morgan fingerprint density at radius 1 is 1.05 bits per heavy atom. The maximum absolute atomic E-state index is 13.7. The van der Waals surface area contributed by atoms with Crippen LogP contribution >= 0.6 is 35.0 Å². The van der Waals surface area contributed by atoms with Gasteiger partial charge in [0.2, 0.25) is 0 Å². The van der Waals surface area contributed by atoms with E-state index in [4.69, 9.17) is 27.9 Å². The van der Waals surface area contributed by atoms with Gasteiger partial charge in [-0.25, -0.2) is 4.99 Å². The van der Waals surface area contributed by atoms with Crippen molar-refractivity contribution in [2.24, 2.45) is 10.9 Å². The van der Waals surface area contributed by atoms with E-state index in [9.17, 15) is 14.9 Å². The van der Waals surface area contributed by atoms with Gasteiger partial charge in [-0.3, -0.25) is 9.59 Å². The van der Waals surface area contributed by atoms with Crippen molar-refractivity contribution in [3.63, 3.8) is 0 Å². The number of anilines is 1. The molecule has 38 heavy (non-hydrogen) atoms. The summed E-state index contributed by atoms with van der Waals surface area (Å²) in [4.78, 5) is 31.1. The van der Waals surface area contributed by atoms with Crippen LogP contribution in [0.1, 0.15) is 28.8 Å². The number of para-hydroxylation sites is 2. The quantitative estimate of drug-likeness (QED) is 0.308. The van der Waals surface area contributed by atoms with Crippen LogP contribution in [-0.4, -0.2) is 29.6 Å². The Morgan fingerprint density at radius 3 is 2.42 bits per heavy atom. The van der Waals surface area contributed by atoms with E-state index in [2.05, 4.69) is 16.4 Å². The summed E-state index contributed by atoms with van der Waals surface area (Å²) in [6.45, 7) is 1.72. The summed E-state index contributed by atoms with van der Waals surface area (Å²) < 4.78 is 5.37. The molecule has 1 amide bonds. The Labute approximate surface area is 235 Å². The highest BCUT2D eigenvalue weighted by Gasteiger charge is 2.40. The molecule has 2 atom stereocenters. The van der Waals surface area contributed by atoms with Crippen molar-refractivity contribution in [1.29, 1.82) is 5.26 Å². The Morgan fingerprint density at radius 2 is 1.74 bits per heavy atom. The number of carbonyl (C=O) groups is 2. The fourth-order valence-corrected chi connectivity index (χ4v) is 5.64. The van der Waals surface area contributed by atoms with Gasteiger partial charge in [-0.1, -0.05) is 53.5 Å². The Kier molecular flexibility index (Phi) is 8.90. The monoisotopic (exact) mass is 563 g/mol. The molecule has 3 aromatic carbocycles. The molecule has 9 heteroatoms. The standard InChI is InChI=1S/C29H23Cl2N3O3S/c1-17-26(28(36)34-23-9-5-6-10-25(23)37-2)27(20-7-3-4-8-22(20)31)21(15-32)29(33-17)38-16-24(35)18-11-13-19(30)14-12-18/h3-14,21,27H,16H2,1-2H3,(H,34,36)/t21?,27-/m1/s1. The third-order valence-corrected chi connectivity index (χ3v) is 7.72. The third kappa shape index (κ3) is 5.94. The lowest BCUT2D eigenvalue weighted by molar-refractivity contribution is -0.113. The van der Waals surface area contributed by atoms with Gasteiger partial charge < -0.3 is 10.1 Å². The zero-order valence-corrected chi connectivity index (χ0v) is 22.9. The van der Waals surface area contributed by atoms with Crippen molar-refractivity contribution in [1.82, 2.24) is 0 Å². The van der Waals surface area contributed by atoms with Crippen molar-refractivity contribution in [2.75, 3.05) is 18.2 Å². The zero-order chi connectivity index (χ0) is 27.2. The molecule has 1 unspecified atom stereocenters. The highest BCUT2D eigenvalue weighted by Crippen LogP contribution is 2.44. The second kappa shape index (κ2) is 12.3. The number of thioether (sulfide) groups is 1. The van der Waals surface area contributed by atoms with Gasteiger partial charge in [0.1, 0.15) is 11.7 Å². The number of halogens is 2. The Balaban J connectivity index is 1.71. The van der Waals surface area contributed by atoms with Gasteiger partial charge in [0.15, 0.2) is 5.78 Å². The molecule has 1 aliphatic heterocycles. The lowest BCUT2D eigenvalue weighted by Gasteiger charge is -2.31. The summed E-state index contributed by atoms with van der Waals surface area (Å²) >= 11 is 13.7. The summed E-state index contributed by atoms with van der Waals surface area (Å²) in [6, 6.07) is 23.1. The smallest absolute Gasteiger partial charge is 0.254 e. The first-order valence-corrected chi connectivity index (χ1v) is 13.4. The number of nitriles is 1. The van der Waals surface area contributed by atoms with Crippen LogP contribution in [0.15, 0.2) is 89.1 Å². The van der Waals surface area contributed by atoms with Crippen LogP contribution in [-0.2, 0) is 4.79 Å². The van der Waals surface area contributed by atoms with E-state index in [1.807, 2.05) is 6.07 Å². The largest absolute Gasteiger partial charge is 0.495 e. The number of allylic oxidation sites excluding steroid dienone is 1. The molecule has 0 radical (unpaired) electrons. The van der Waals surface area contributed by atoms with E-state index in [1.165, 1.54) is 18.9 Å². The third-order valence-electron chi connectivity index (χ3n) is 6.07. The first kappa shape index (κ1) is 27.5. The number of methoxy groups -OCH3 is 1. The number of Topliss-reactive ketones (excluding diaryl/α,β-unsaturated/α-hetero) is 1. The maximum atomic E-state index is 13.7. The molecule has 0 saturated carbocycles. The van der Waals surface area contributed by atoms with E-state index < -0.39 is 17.7 Å². The van der Waals surface area contributed by atoms with Gasteiger partial charge in [-0.2, -0.15) is 5.26 Å². The van der Waals surface area contributed by atoms with Gasteiger partial charge in [-0.15, -0.1) is 11.8 Å². The van der Waals surface area contributed by atoms with Crippen molar-refractivity contribution in [3.05, 3.63) is 105 Å². The molecule has 0 bridgehead atoms. The summed E-state index contributed by atoms with van der Waals surface area (Å²) in [7, 11) is 1.52. The van der Waals surface area contributed by atoms with Crippen molar-refractivity contribution < 1.29 is 14.3 Å². The number of benzene rings is 3. The molecule has 1 heterocycles. The SMILES string of the molecule is COc1ccccc1NC(=O)C1=C(C)N=C(SCC(=O)c2ccc(Cl)cc2)C(C#N)[C@H]1c1ccccc1Cl. The molecule has 0 fully saturated rings. The molecular formula is C29H23Cl2N3O3S. The van der Waals surface area contributed by atoms with Crippen LogP contribution in [0.4, 0.5) is 5.69 Å². The molecule has 0 saturated heterocycles. The predicted molar refractivity (Wildman–Crippen MR) is 153 cm³/mol. The maximum Gasteiger partial charge on any atom is 0.254 e. The molecule has 4 rings (SSSR count). The number of hydrogen-bond donors (Lipinski definition) is 1. The second-order valence-electron chi connectivity index (χ2n) is 8.43. The highest BCUT2D eigenvalue weighted by molar-refractivity contribution is 8.14. The summed E-state index contributed by atoms with van der Waals surface area (Å²) in [5.41, 5.74) is 2.39. The molecule has 6 nitrogen and oxygen atoms in total. The average Bonchev–Trinajstić information content (AvgIpc) is 2.92. The van der Waals surface area contributed by atoms with Crippen LogP contribution < -0.4 is 10.1 Å². The number of hydrogen-bond acceptors (Lipinski definition) is 6. The van der Waals surface area contributed by atoms with Gasteiger partial charge in [-0.05, 0) is 55.0 Å². The van der Waals surface area contributed by atoms with E-state index in [1.54, 1.807) is 73.7 Å². The van der Waals surface area contributed by atoms with Crippen molar-refractivity contribution in [3.8, 4) is 11.8 Å². The van der Waals surface area contributed by atoms with Gasteiger partial charge >= 0.3 is 0 Å². The first-order chi connectivity index (χ1) is 18.3. The number of nitrogens with zero attached hydrogens (tertiary/aromatic N) is 2. The molecular weight excluding hydrogens is 541 g/mol. The number of aliphatic imine (C=N–C) groups is 1. The van der Waals surface area contributed by atoms with Gasteiger partial charge in [0.25, 0.3) is 5.91 Å². The Hall–Kier alpha value is -3.57. The zero-order valence-electron chi connectivity index (χ0n) is 20.6. The number of carbonyl (C=O) groups excluding carboxylic acids is 2. The van der Waals surface area contributed by atoms with Crippen LogP contribution in [0.5, 0.6) is 5.75 Å². The van der Waals surface area contributed by atoms with E-state index in [0.29, 0.717) is 48.9 Å². The molecule has 1 aliphatic rings. The van der Waals surface area contributed by atoms with Crippen LogP contribution in [0.2, 0.25) is 10.0 Å². The number of nitrogens with one attached hydrogen (secondary N) is 1. The van der Waals surface area contributed by atoms with E-state index >= 15 is 0 Å². The number of ketones is 1. The predicted octanol–water partition coefficient (Wildman–Crippen LogP) is 7.17. The van der Waals surface area contributed by atoms with Crippen LogP contribution in [0, 0.1) is 17.2 Å². The van der Waals surface area contributed by atoms with Crippen molar-refractivity contribution >= 4 is 57.4 Å². The summed E-state index contributed by atoms with van der Waals surface area (Å²) in [6.07, 6.45) is 0. The summed E-state index contributed by atoms with van der Waals surface area (Å²) in [5.74, 6) is -1.50. The fourth-order valence-electron chi connectivity index (χ4n) is 4.25. The molecule has 0 aliphatic carbocycles. The topological polar surface area (TPSA) is 91.5 Å². The molecule has 0 spiro atoms. The minimum absolute atomic E-state index is 0.0733. The number of rotatable bonds is 7.